The van der Waals surface area contributed by atoms with Gasteiger partial charge in [-0.3, -0.25) is 9.59 Å². The third-order valence-electron chi connectivity index (χ3n) is 3.62. The summed E-state index contributed by atoms with van der Waals surface area (Å²) in [5.74, 6) is -0.662. The lowest BCUT2D eigenvalue weighted by atomic mass is 9.68. The van der Waals surface area contributed by atoms with E-state index in [1.807, 2.05) is 24.3 Å². The van der Waals surface area contributed by atoms with Gasteiger partial charge in [0.2, 0.25) is 5.91 Å². The summed E-state index contributed by atoms with van der Waals surface area (Å²) < 4.78 is 5.69. The minimum Gasteiger partial charge on any atom is -0.468 e. The predicted molar refractivity (Wildman–Crippen MR) is 74.3 cm³/mol. The van der Waals surface area contributed by atoms with Gasteiger partial charge in [0, 0.05) is 11.0 Å². The zero-order valence-electron chi connectivity index (χ0n) is 10.7. The van der Waals surface area contributed by atoms with Crippen LogP contribution in [0, 0.1) is 5.41 Å². The van der Waals surface area contributed by atoms with Crippen LogP contribution in [0.5, 0.6) is 0 Å². The molecule has 0 atom stereocenters. The van der Waals surface area contributed by atoms with Gasteiger partial charge in [0.1, 0.15) is 5.41 Å². The molecule has 0 aromatic heterocycles. The Kier molecular flexibility index (Phi) is 4.24. The maximum Gasteiger partial charge on any atom is 0.321 e. The number of esters is 1. The number of carbonyl (C=O) groups is 2. The molecule has 1 aliphatic carbocycles. The Balaban J connectivity index is 2.02. The standard InChI is InChI=1S/C14H16BrNO3/c1-19-13(18)14(7-4-8-14)12(17)16-9-10-5-2-3-6-11(10)15/h2-3,5-6H,4,7-9H2,1H3,(H,16,17). The molecule has 102 valence electrons. The van der Waals surface area contributed by atoms with Crippen molar-refractivity contribution in [1.29, 1.82) is 0 Å². The second kappa shape index (κ2) is 5.74. The fourth-order valence-electron chi connectivity index (χ4n) is 2.24. The van der Waals surface area contributed by atoms with Gasteiger partial charge >= 0.3 is 5.97 Å². The second-order valence-electron chi connectivity index (χ2n) is 4.70. The van der Waals surface area contributed by atoms with Crippen LogP contribution in [0.15, 0.2) is 28.7 Å². The molecule has 1 aromatic carbocycles. The maximum absolute atomic E-state index is 12.2. The van der Waals surface area contributed by atoms with E-state index in [0.717, 1.165) is 16.5 Å². The highest BCUT2D eigenvalue weighted by atomic mass is 79.9. The minimum absolute atomic E-state index is 0.235. The summed E-state index contributed by atoms with van der Waals surface area (Å²) in [6.07, 6.45) is 2.03. The highest BCUT2D eigenvalue weighted by Gasteiger charge is 2.51. The molecule has 0 heterocycles. The summed E-state index contributed by atoms with van der Waals surface area (Å²) in [6.45, 7) is 0.402. The summed E-state index contributed by atoms with van der Waals surface area (Å²) in [4.78, 5) is 23.9. The van der Waals surface area contributed by atoms with E-state index in [9.17, 15) is 9.59 Å². The summed E-state index contributed by atoms with van der Waals surface area (Å²) in [5.41, 5.74) is 0.0194. The van der Waals surface area contributed by atoms with Crippen LogP contribution >= 0.6 is 15.9 Å². The van der Waals surface area contributed by atoms with Crippen LogP contribution in [-0.2, 0) is 20.9 Å². The van der Waals surface area contributed by atoms with Gasteiger partial charge in [-0.2, -0.15) is 0 Å². The van der Waals surface area contributed by atoms with E-state index in [1.54, 1.807) is 0 Å². The van der Waals surface area contributed by atoms with Gasteiger partial charge in [-0.1, -0.05) is 40.5 Å². The van der Waals surface area contributed by atoms with Crippen molar-refractivity contribution >= 4 is 27.8 Å². The van der Waals surface area contributed by atoms with Crippen LogP contribution in [-0.4, -0.2) is 19.0 Å². The third kappa shape index (κ3) is 2.66. The fraction of sp³-hybridized carbons (Fsp3) is 0.429. The quantitative estimate of drug-likeness (QED) is 0.683. The topological polar surface area (TPSA) is 55.4 Å². The van der Waals surface area contributed by atoms with E-state index >= 15 is 0 Å². The van der Waals surface area contributed by atoms with Crippen molar-refractivity contribution in [1.82, 2.24) is 5.32 Å². The number of benzene rings is 1. The maximum atomic E-state index is 12.2. The van der Waals surface area contributed by atoms with E-state index in [0.29, 0.717) is 19.4 Å². The molecule has 0 saturated heterocycles. The largest absolute Gasteiger partial charge is 0.468 e. The van der Waals surface area contributed by atoms with Crippen LogP contribution in [0.3, 0.4) is 0 Å². The number of hydrogen-bond donors (Lipinski definition) is 1. The van der Waals surface area contributed by atoms with Crippen molar-refractivity contribution < 1.29 is 14.3 Å². The van der Waals surface area contributed by atoms with Gasteiger partial charge in [-0.05, 0) is 24.5 Å². The van der Waals surface area contributed by atoms with E-state index < -0.39 is 11.4 Å². The highest BCUT2D eigenvalue weighted by Crippen LogP contribution is 2.42. The van der Waals surface area contributed by atoms with E-state index in [-0.39, 0.29) is 5.91 Å². The molecule has 0 aliphatic heterocycles. The summed E-state index contributed by atoms with van der Waals surface area (Å²) >= 11 is 3.43. The minimum atomic E-state index is -0.962. The molecule has 0 radical (unpaired) electrons. The molecule has 0 bridgehead atoms. The van der Waals surface area contributed by atoms with Crippen LogP contribution in [0.4, 0.5) is 0 Å². The van der Waals surface area contributed by atoms with Crippen LogP contribution in [0.1, 0.15) is 24.8 Å². The first kappa shape index (κ1) is 14.1. The predicted octanol–water partition coefficient (Wildman–Crippen LogP) is 2.41. The van der Waals surface area contributed by atoms with Crippen molar-refractivity contribution in [3.63, 3.8) is 0 Å². The molecule has 1 amide bonds. The number of carbonyl (C=O) groups excluding carboxylic acids is 2. The Morgan fingerprint density at radius 3 is 2.58 bits per heavy atom. The molecule has 4 nitrogen and oxygen atoms in total. The van der Waals surface area contributed by atoms with Crippen molar-refractivity contribution in [2.75, 3.05) is 7.11 Å². The monoisotopic (exact) mass is 325 g/mol. The van der Waals surface area contributed by atoms with E-state index in [1.165, 1.54) is 7.11 Å². The Bertz CT molecular complexity index is 497. The molecule has 5 heteroatoms. The Hall–Kier alpha value is -1.36. The number of rotatable bonds is 4. The number of methoxy groups -OCH3 is 1. The van der Waals surface area contributed by atoms with Crippen LogP contribution in [0.25, 0.3) is 0 Å². The molecule has 1 N–H and O–H groups in total. The van der Waals surface area contributed by atoms with Gasteiger partial charge in [0.15, 0.2) is 0 Å². The van der Waals surface area contributed by atoms with Crippen molar-refractivity contribution in [2.45, 2.75) is 25.8 Å². The highest BCUT2D eigenvalue weighted by molar-refractivity contribution is 9.10. The van der Waals surface area contributed by atoms with E-state index in [2.05, 4.69) is 21.2 Å². The van der Waals surface area contributed by atoms with E-state index in [4.69, 9.17) is 4.74 Å². The summed E-state index contributed by atoms with van der Waals surface area (Å²) in [5, 5.41) is 2.83. The van der Waals surface area contributed by atoms with Gasteiger partial charge in [0.25, 0.3) is 0 Å². The number of halogens is 1. The first-order valence-corrected chi connectivity index (χ1v) is 6.99. The van der Waals surface area contributed by atoms with Gasteiger partial charge in [0.05, 0.1) is 7.11 Å². The second-order valence-corrected chi connectivity index (χ2v) is 5.56. The van der Waals surface area contributed by atoms with Gasteiger partial charge in [-0.15, -0.1) is 0 Å². The lowest BCUT2D eigenvalue weighted by Crippen LogP contribution is -2.51. The number of amides is 1. The molecule has 1 aliphatic rings. The molecular weight excluding hydrogens is 310 g/mol. The zero-order valence-corrected chi connectivity index (χ0v) is 12.3. The molecular formula is C14H16BrNO3. The van der Waals surface area contributed by atoms with Crippen LogP contribution < -0.4 is 5.32 Å². The lowest BCUT2D eigenvalue weighted by Gasteiger charge is -2.37. The Labute approximate surface area is 120 Å². The molecule has 0 unspecified atom stereocenters. The SMILES string of the molecule is COC(=O)C1(C(=O)NCc2ccccc2Br)CCC1. The first-order chi connectivity index (χ1) is 9.10. The molecule has 1 saturated carbocycles. The molecule has 0 spiro atoms. The third-order valence-corrected chi connectivity index (χ3v) is 4.39. The van der Waals surface area contributed by atoms with Crippen molar-refractivity contribution in [2.24, 2.45) is 5.41 Å². The molecule has 19 heavy (non-hydrogen) atoms. The fourth-order valence-corrected chi connectivity index (χ4v) is 2.66. The average Bonchev–Trinajstić information content (AvgIpc) is 2.36. The summed E-state index contributed by atoms with van der Waals surface area (Å²) in [7, 11) is 1.32. The number of ether oxygens (including phenoxy) is 1. The molecule has 1 fully saturated rings. The average molecular weight is 326 g/mol. The lowest BCUT2D eigenvalue weighted by molar-refractivity contribution is -0.165. The smallest absolute Gasteiger partial charge is 0.321 e. The zero-order chi connectivity index (χ0) is 13.9. The van der Waals surface area contributed by atoms with Crippen molar-refractivity contribution in [3.05, 3.63) is 34.3 Å². The Morgan fingerprint density at radius 1 is 1.37 bits per heavy atom. The molecule has 2 rings (SSSR count). The van der Waals surface area contributed by atoms with Crippen molar-refractivity contribution in [3.8, 4) is 0 Å². The van der Waals surface area contributed by atoms with Gasteiger partial charge < -0.3 is 10.1 Å². The number of hydrogen-bond acceptors (Lipinski definition) is 3. The normalized spacial score (nSPS) is 16.3. The first-order valence-electron chi connectivity index (χ1n) is 6.20. The number of nitrogens with one attached hydrogen (secondary N) is 1. The van der Waals surface area contributed by atoms with Gasteiger partial charge in [-0.25, -0.2) is 0 Å². The van der Waals surface area contributed by atoms with Crippen LogP contribution in [0.2, 0.25) is 0 Å². The molecule has 1 aromatic rings. The summed E-state index contributed by atoms with van der Waals surface area (Å²) in [6, 6.07) is 7.67. The Morgan fingerprint density at radius 2 is 2.05 bits per heavy atom.